The summed E-state index contributed by atoms with van der Waals surface area (Å²) in [5.74, 6) is 0. The molecule has 0 atom stereocenters. The van der Waals surface area contributed by atoms with Crippen LogP contribution in [0.4, 0.5) is 30.2 Å². The Balaban J connectivity index is 2.25. The summed E-state index contributed by atoms with van der Waals surface area (Å²) < 4.78 is 37.3. The average Bonchev–Trinajstić information content (AvgIpc) is 2.35. The summed E-state index contributed by atoms with van der Waals surface area (Å²) in [6.45, 7) is 0. The summed E-state index contributed by atoms with van der Waals surface area (Å²) in [5.41, 5.74) is 6.31. The van der Waals surface area contributed by atoms with Crippen LogP contribution in [-0.2, 0) is 6.18 Å². The predicted molar refractivity (Wildman–Crippen MR) is 75.6 cm³/mol. The molecule has 0 aliphatic rings. The van der Waals surface area contributed by atoms with Gasteiger partial charge in [0.25, 0.3) is 0 Å². The lowest BCUT2D eigenvalue weighted by Crippen LogP contribution is -2.04. The fourth-order valence-electron chi connectivity index (χ4n) is 1.57. The first-order valence-electron chi connectivity index (χ1n) is 5.46. The molecule has 0 unspecified atom stereocenters. The molecule has 0 bridgehead atoms. The Morgan fingerprint density at radius 1 is 0.950 bits per heavy atom. The largest absolute Gasteiger partial charge is 0.416 e. The highest BCUT2D eigenvalue weighted by Crippen LogP contribution is 2.34. The number of halogens is 5. The zero-order valence-corrected chi connectivity index (χ0v) is 11.4. The summed E-state index contributed by atoms with van der Waals surface area (Å²) in [6.07, 6.45) is -4.36. The highest BCUT2D eigenvalue weighted by atomic mass is 35.5. The molecule has 2 aromatic rings. The van der Waals surface area contributed by atoms with Gasteiger partial charge in [-0.3, -0.25) is 0 Å². The molecule has 7 heteroatoms. The van der Waals surface area contributed by atoms with Gasteiger partial charge in [-0.05, 0) is 36.4 Å². The van der Waals surface area contributed by atoms with Crippen LogP contribution in [0.25, 0.3) is 0 Å². The van der Waals surface area contributed by atoms with E-state index in [4.69, 9.17) is 28.9 Å². The zero-order valence-electron chi connectivity index (χ0n) is 9.93. The molecule has 0 radical (unpaired) electrons. The lowest BCUT2D eigenvalue weighted by atomic mass is 10.2. The highest BCUT2D eigenvalue weighted by Gasteiger charge is 2.29. The van der Waals surface area contributed by atoms with Gasteiger partial charge in [-0.25, -0.2) is 0 Å². The van der Waals surface area contributed by atoms with Crippen molar-refractivity contribution in [2.75, 3.05) is 11.1 Å². The fourth-order valence-corrected chi connectivity index (χ4v) is 1.90. The van der Waals surface area contributed by atoms with Gasteiger partial charge in [0.1, 0.15) is 0 Å². The molecule has 0 amide bonds. The van der Waals surface area contributed by atoms with E-state index in [-0.39, 0.29) is 0 Å². The summed E-state index contributed by atoms with van der Waals surface area (Å²) >= 11 is 11.7. The van der Waals surface area contributed by atoms with Crippen molar-refractivity contribution >= 4 is 40.3 Å². The molecule has 0 saturated heterocycles. The van der Waals surface area contributed by atoms with E-state index in [1.807, 2.05) is 0 Å². The molecule has 3 N–H and O–H groups in total. The average molecular weight is 321 g/mol. The minimum absolute atomic E-state index is 0.301. The Hall–Kier alpha value is -1.59. The smallest absolute Gasteiger partial charge is 0.397 e. The van der Waals surface area contributed by atoms with Crippen molar-refractivity contribution in [3.63, 3.8) is 0 Å². The standard InChI is InChI=1S/C13H9Cl2F3N2/c14-9-5-11(19)12(6-10(9)15)20-8-3-1-7(2-4-8)13(16,17)18/h1-6,20H,19H2. The Kier molecular flexibility index (Phi) is 4.01. The van der Waals surface area contributed by atoms with Gasteiger partial charge in [-0.2, -0.15) is 13.2 Å². The molecule has 0 aliphatic carbocycles. The summed E-state index contributed by atoms with van der Waals surface area (Å²) in [7, 11) is 0. The molecule has 0 saturated carbocycles. The summed E-state index contributed by atoms with van der Waals surface area (Å²) in [6, 6.07) is 7.56. The number of nitrogens with one attached hydrogen (secondary N) is 1. The van der Waals surface area contributed by atoms with Gasteiger partial charge in [-0.15, -0.1) is 0 Å². The lowest BCUT2D eigenvalue weighted by Gasteiger charge is -2.12. The van der Waals surface area contributed by atoms with Crippen molar-refractivity contribution in [1.82, 2.24) is 0 Å². The monoisotopic (exact) mass is 320 g/mol. The molecule has 2 rings (SSSR count). The molecule has 0 spiro atoms. The van der Waals surface area contributed by atoms with Crippen molar-refractivity contribution in [3.05, 3.63) is 52.0 Å². The third kappa shape index (κ3) is 3.29. The van der Waals surface area contributed by atoms with E-state index in [0.717, 1.165) is 12.1 Å². The normalized spacial score (nSPS) is 11.4. The van der Waals surface area contributed by atoms with Crippen molar-refractivity contribution < 1.29 is 13.2 Å². The first-order chi connectivity index (χ1) is 9.27. The van der Waals surface area contributed by atoms with Gasteiger partial charge in [0.2, 0.25) is 0 Å². The van der Waals surface area contributed by atoms with Gasteiger partial charge < -0.3 is 11.1 Å². The van der Waals surface area contributed by atoms with Crippen LogP contribution < -0.4 is 11.1 Å². The van der Waals surface area contributed by atoms with Crippen LogP contribution >= 0.6 is 23.2 Å². The maximum Gasteiger partial charge on any atom is 0.416 e. The second kappa shape index (κ2) is 5.42. The molecule has 20 heavy (non-hydrogen) atoms. The Morgan fingerprint density at radius 3 is 2.05 bits per heavy atom. The first-order valence-corrected chi connectivity index (χ1v) is 6.22. The van der Waals surface area contributed by atoms with Crippen LogP contribution in [0.2, 0.25) is 10.0 Å². The molecular weight excluding hydrogens is 312 g/mol. The number of benzene rings is 2. The van der Waals surface area contributed by atoms with Crippen molar-refractivity contribution in [2.45, 2.75) is 6.18 Å². The van der Waals surface area contributed by atoms with Gasteiger partial charge in [-0.1, -0.05) is 23.2 Å². The maximum absolute atomic E-state index is 12.4. The van der Waals surface area contributed by atoms with Gasteiger partial charge >= 0.3 is 6.18 Å². The van der Waals surface area contributed by atoms with E-state index in [0.29, 0.717) is 27.1 Å². The van der Waals surface area contributed by atoms with Gasteiger partial charge in [0.15, 0.2) is 0 Å². The Morgan fingerprint density at radius 2 is 1.50 bits per heavy atom. The second-order valence-corrected chi connectivity index (χ2v) is 4.87. The highest BCUT2D eigenvalue weighted by molar-refractivity contribution is 6.42. The van der Waals surface area contributed by atoms with Crippen LogP contribution in [0.15, 0.2) is 36.4 Å². The van der Waals surface area contributed by atoms with E-state index in [2.05, 4.69) is 5.32 Å². The third-order valence-corrected chi connectivity index (χ3v) is 3.31. The Bertz CT molecular complexity index is 625. The van der Waals surface area contributed by atoms with Crippen LogP contribution in [0.1, 0.15) is 5.56 Å². The lowest BCUT2D eigenvalue weighted by molar-refractivity contribution is -0.137. The van der Waals surface area contributed by atoms with Crippen LogP contribution in [0, 0.1) is 0 Å². The Labute approximate surface area is 123 Å². The van der Waals surface area contributed by atoms with Crippen molar-refractivity contribution in [1.29, 1.82) is 0 Å². The minimum atomic E-state index is -4.36. The number of alkyl halides is 3. The predicted octanol–water partition coefficient (Wildman–Crippen LogP) is 5.34. The fraction of sp³-hybridized carbons (Fsp3) is 0.0769. The molecule has 0 aromatic heterocycles. The van der Waals surface area contributed by atoms with Crippen LogP contribution in [-0.4, -0.2) is 0 Å². The number of hydrogen-bond acceptors (Lipinski definition) is 2. The van der Waals surface area contributed by atoms with Crippen LogP contribution in [0.5, 0.6) is 0 Å². The number of hydrogen-bond donors (Lipinski definition) is 2. The molecule has 106 valence electrons. The van der Waals surface area contributed by atoms with Gasteiger partial charge in [0.05, 0.1) is 27.0 Å². The maximum atomic E-state index is 12.4. The first kappa shape index (κ1) is 14.8. The number of nitrogen functional groups attached to an aromatic ring is 1. The van der Waals surface area contributed by atoms with E-state index in [9.17, 15) is 13.2 Å². The third-order valence-electron chi connectivity index (χ3n) is 2.58. The van der Waals surface area contributed by atoms with Crippen LogP contribution in [0.3, 0.4) is 0 Å². The van der Waals surface area contributed by atoms with E-state index >= 15 is 0 Å². The molecule has 0 heterocycles. The molecule has 0 aliphatic heterocycles. The molecule has 2 nitrogen and oxygen atoms in total. The number of nitrogens with two attached hydrogens (primary N) is 1. The molecule has 0 fully saturated rings. The minimum Gasteiger partial charge on any atom is -0.397 e. The molecule has 2 aromatic carbocycles. The number of rotatable bonds is 2. The van der Waals surface area contributed by atoms with E-state index in [1.54, 1.807) is 0 Å². The van der Waals surface area contributed by atoms with E-state index in [1.165, 1.54) is 24.3 Å². The van der Waals surface area contributed by atoms with E-state index < -0.39 is 11.7 Å². The van der Waals surface area contributed by atoms with Crippen molar-refractivity contribution in [2.24, 2.45) is 0 Å². The molecular formula is C13H9Cl2F3N2. The summed E-state index contributed by atoms with van der Waals surface area (Å²) in [5, 5.41) is 3.49. The summed E-state index contributed by atoms with van der Waals surface area (Å²) in [4.78, 5) is 0. The SMILES string of the molecule is Nc1cc(Cl)c(Cl)cc1Nc1ccc(C(F)(F)F)cc1. The topological polar surface area (TPSA) is 38.0 Å². The second-order valence-electron chi connectivity index (χ2n) is 4.05. The number of anilines is 3. The quantitative estimate of drug-likeness (QED) is 0.733. The zero-order chi connectivity index (χ0) is 14.9. The van der Waals surface area contributed by atoms with Gasteiger partial charge in [0, 0.05) is 5.69 Å². The van der Waals surface area contributed by atoms with Crippen molar-refractivity contribution in [3.8, 4) is 0 Å².